The van der Waals surface area contributed by atoms with Gasteiger partial charge in [-0.1, -0.05) is 60.7 Å². The summed E-state index contributed by atoms with van der Waals surface area (Å²) >= 11 is 0. The van der Waals surface area contributed by atoms with Crippen LogP contribution in [0, 0.1) is 0 Å². The van der Waals surface area contributed by atoms with Crippen molar-refractivity contribution in [3.63, 3.8) is 0 Å². The maximum atomic E-state index is 13.2. The number of hydrogen-bond donors (Lipinski definition) is 6. The lowest BCUT2D eigenvalue weighted by Crippen LogP contribution is -2.55. The van der Waals surface area contributed by atoms with Crippen LogP contribution in [0.5, 0.6) is 0 Å². The smallest absolute Gasteiger partial charge is 0.408 e. The molecule has 0 spiro atoms. The van der Waals surface area contributed by atoms with Gasteiger partial charge in [0, 0.05) is 12.8 Å². The Morgan fingerprint density at radius 3 is 1.67 bits per heavy atom. The summed E-state index contributed by atoms with van der Waals surface area (Å²) in [6, 6.07) is 16.0. The van der Waals surface area contributed by atoms with Crippen molar-refractivity contribution in [3.05, 3.63) is 71.8 Å². The van der Waals surface area contributed by atoms with E-state index in [1.165, 1.54) is 0 Å². The number of carboxylic acids is 1. The van der Waals surface area contributed by atoms with Crippen LogP contribution in [0.3, 0.4) is 0 Å². The number of carbonyl (C=O) groups excluding carboxylic acids is 3. The van der Waals surface area contributed by atoms with Crippen LogP contribution in [0.15, 0.2) is 60.7 Å². The molecule has 196 valence electrons. The van der Waals surface area contributed by atoms with E-state index < -0.39 is 48.1 Å². The van der Waals surface area contributed by atoms with Gasteiger partial charge in [-0.3, -0.25) is 14.4 Å². The molecule has 0 heterocycles. The first-order valence-corrected chi connectivity index (χ1v) is 11.2. The molecule has 36 heavy (non-hydrogen) atoms. The molecule has 0 saturated heterocycles. The van der Waals surface area contributed by atoms with Crippen molar-refractivity contribution in [1.29, 1.82) is 0 Å². The van der Waals surface area contributed by atoms with E-state index in [0.717, 1.165) is 11.1 Å². The third-order valence-corrected chi connectivity index (χ3v) is 4.62. The Hall–Kier alpha value is -3.96. The minimum atomic E-state index is -1.20. The highest BCUT2D eigenvalue weighted by Gasteiger charge is 2.29. The number of carbonyl (C=O) groups is 4. The predicted octanol–water partition coefficient (Wildman–Crippen LogP) is 1.39. The minimum Gasteiger partial charge on any atom is -0.480 e. The third kappa shape index (κ3) is 12.0. The number of benzene rings is 2. The number of rotatable bonds is 10. The predicted molar refractivity (Wildman–Crippen MR) is 132 cm³/mol. The second-order valence-corrected chi connectivity index (χ2v) is 8.75. The lowest BCUT2D eigenvalue weighted by Gasteiger charge is -2.25. The molecule has 2 unspecified atom stereocenters. The number of nitrogens with two attached hydrogens (primary N) is 1. The summed E-state index contributed by atoms with van der Waals surface area (Å²) in [5.41, 5.74) is 0.816. The fourth-order valence-corrected chi connectivity index (χ4v) is 3.13. The van der Waals surface area contributed by atoms with Crippen LogP contribution in [0.1, 0.15) is 31.9 Å². The minimum absolute atomic E-state index is 0.141. The standard InChI is InChI=1S/C25H31N3O6.H3NO/c1-25(2,3)34-24(33)28-20(15-18-12-8-5-9-13-18)23(32)27-19(22(31)26-16-21(29)30)14-17-10-6-4-7-11-17;1-2/h4-13,19-20H,14-16H2,1-3H3,(H,26,31)(H,27,32)(H,28,33)(H,29,30);2H,1H2. The van der Waals surface area contributed by atoms with Gasteiger partial charge in [0.25, 0.3) is 0 Å². The lowest BCUT2D eigenvalue weighted by atomic mass is 10.0. The van der Waals surface area contributed by atoms with Crippen LogP contribution in [-0.2, 0) is 32.0 Å². The van der Waals surface area contributed by atoms with Gasteiger partial charge in [-0.05, 0) is 31.9 Å². The van der Waals surface area contributed by atoms with E-state index in [1.54, 1.807) is 45.0 Å². The van der Waals surface area contributed by atoms with Gasteiger partial charge >= 0.3 is 12.1 Å². The normalized spacial score (nSPS) is 12.1. The lowest BCUT2D eigenvalue weighted by molar-refractivity contribution is -0.138. The molecule has 0 aromatic heterocycles. The van der Waals surface area contributed by atoms with E-state index in [2.05, 4.69) is 21.8 Å². The van der Waals surface area contributed by atoms with Crippen molar-refractivity contribution in [2.45, 2.75) is 51.3 Å². The van der Waals surface area contributed by atoms with Gasteiger partial charge in [0.1, 0.15) is 24.2 Å². The highest BCUT2D eigenvalue weighted by atomic mass is 16.6. The third-order valence-electron chi connectivity index (χ3n) is 4.62. The zero-order valence-corrected chi connectivity index (χ0v) is 20.6. The van der Waals surface area contributed by atoms with Crippen molar-refractivity contribution in [2.24, 2.45) is 5.90 Å². The van der Waals surface area contributed by atoms with E-state index in [1.807, 2.05) is 36.4 Å². The molecular weight excluding hydrogens is 468 g/mol. The summed E-state index contributed by atoms with van der Waals surface area (Å²) in [5.74, 6) is 1.06. The maximum absolute atomic E-state index is 13.2. The first-order valence-electron chi connectivity index (χ1n) is 11.2. The van der Waals surface area contributed by atoms with Gasteiger partial charge in [-0.2, -0.15) is 0 Å². The molecule has 0 aliphatic rings. The average molecular weight is 503 g/mol. The van der Waals surface area contributed by atoms with Crippen molar-refractivity contribution in [2.75, 3.05) is 6.54 Å². The largest absolute Gasteiger partial charge is 0.480 e. The Morgan fingerprint density at radius 2 is 1.25 bits per heavy atom. The van der Waals surface area contributed by atoms with Gasteiger partial charge in [0.15, 0.2) is 0 Å². The molecule has 2 atom stereocenters. The summed E-state index contributed by atoms with van der Waals surface area (Å²) in [6.07, 6.45) is -0.456. The number of ether oxygens (including phenoxy) is 1. The molecule has 2 aromatic rings. The number of hydrogen-bond acceptors (Lipinski definition) is 7. The first-order chi connectivity index (χ1) is 17.0. The molecule has 3 amide bonds. The zero-order chi connectivity index (χ0) is 27.1. The van der Waals surface area contributed by atoms with Crippen LogP contribution < -0.4 is 21.8 Å². The molecule has 11 nitrogen and oxygen atoms in total. The summed E-state index contributed by atoms with van der Waals surface area (Å²) in [6.45, 7) is 4.55. The van der Waals surface area contributed by atoms with Crippen molar-refractivity contribution < 1.29 is 34.2 Å². The van der Waals surface area contributed by atoms with Gasteiger partial charge in [0.2, 0.25) is 11.8 Å². The van der Waals surface area contributed by atoms with Gasteiger partial charge in [0.05, 0.1) is 0 Å². The number of amides is 3. The molecule has 0 fully saturated rings. The second kappa shape index (κ2) is 15.1. The Bertz CT molecular complexity index is 979. The molecule has 0 radical (unpaired) electrons. The number of carboxylic acid groups (broad SMARTS) is 1. The fraction of sp³-hybridized carbons (Fsp3) is 0.360. The van der Waals surface area contributed by atoms with Crippen molar-refractivity contribution >= 4 is 23.9 Å². The fourth-order valence-electron chi connectivity index (χ4n) is 3.13. The van der Waals surface area contributed by atoms with E-state index in [4.69, 9.17) is 15.1 Å². The summed E-state index contributed by atoms with van der Waals surface area (Å²) < 4.78 is 5.29. The monoisotopic (exact) mass is 502 g/mol. The van der Waals surface area contributed by atoms with E-state index in [0.29, 0.717) is 0 Å². The van der Waals surface area contributed by atoms with E-state index >= 15 is 0 Å². The van der Waals surface area contributed by atoms with E-state index in [9.17, 15) is 19.2 Å². The zero-order valence-electron chi connectivity index (χ0n) is 20.6. The summed E-state index contributed by atoms with van der Waals surface area (Å²) in [4.78, 5) is 49.2. The molecule has 0 aliphatic heterocycles. The molecule has 0 aliphatic carbocycles. The Morgan fingerprint density at radius 1 is 0.806 bits per heavy atom. The van der Waals surface area contributed by atoms with Gasteiger partial charge in [-0.15, -0.1) is 0 Å². The first kappa shape index (κ1) is 30.1. The molecule has 0 bridgehead atoms. The van der Waals surface area contributed by atoms with Crippen LogP contribution >= 0.6 is 0 Å². The van der Waals surface area contributed by atoms with Gasteiger partial charge < -0.3 is 31.0 Å². The average Bonchev–Trinajstić information content (AvgIpc) is 2.83. The summed E-state index contributed by atoms with van der Waals surface area (Å²) in [5, 5.41) is 22.9. The quantitative estimate of drug-likeness (QED) is 0.264. The van der Waals surface area contributed by atoms with Crippen LogP contribution in [-0.4, -0.2) is 58.4 Å². The Balaban J connectivity index is 0.00000316. The summed E-state index contributed by atoms with van der Waals surface area (Å²) in [7, 11) is 0. The maximum Gasteiger partial charge on any atom is 0.408 e. The highest BCUT2D eigenvalue weighted by Crippen LogP contribution is 2.10. The van der Waals surface area contributed by atoms with Crippen molar-refractivity contribution in [1.82, 2.24) is 16.0 Å². The molecule has 7 N–H and O–H groups in total. The number of aliphatic carboxylic acids is 1. The molecule has 2 aromatic carbocycles. The van der Waals surface area contributed by atoms with Gasteiger partial charge in [-0.25, -0.2) is 10.7 Å². The molecule has 0 saturated carbocycles. The second-order valence-electron chi connectivity index (χ2n) is 8.75. The Labute approximate surface area is 210 Å². The Kier molecular flexibility index (Phi) is 12.6. The van der Waals surface area contributed by atoms with Crippen molar-refractivity contribution in [3.8, 4) is 0 Å². The highest BCUT2D eigenvalue weighted by molar-refractivity contribution is 5.92. The number of alkyl carbamates (subject to hydrolysis) is 1. The number of nitrogens with one attached hydrogen (secondary N) is 3. The van der Waals surface area contributed by atoms with E-state index in [-0.39, 0.29) is 12.8 Å². The van der Waals surface area contributed by atoms with Crippen LogP contribution in [0.25, 0.3) is 0 Å². The molecule has 2 rings (SSSR count). The van der Waals surface area contributed by atoms with Crippen LogP contribution in [0.4, 0.5) is 4.79 Å². The SMILES string of the molecule is CC(C)(C)OC(=O)NC(Cc1ccccc1)C(=O)NC(Cc1ccccc1)C(=O)NCC(=O)O.NO. The molecule has 11 heteroatoms. The molecular formula is C25H34N4O7. The topological polar surface area (TPSA) is 180 Å². The van der Waals surface area contributed by atoms with Crippen LogP contribution in [0.2, 0.25) is 0 Å².